The van der Waals surface area contributed by atoms with Crippen LogP contribution in [-0.2, 0) is 0 Å². The van der Waals surface area contributed by atoms with Gasteiger partial charge in [-0.05, 0) is 42.3 Å². The maximum absolute atomic E-state index is 4.55. The van der Waals surface area contributed by atoms with Crippen LogP contribution in [0.25, 0.3) is 38.9 Å². The monoisotopic (exact) mass is 316 g/mol. The van der Waals surface area contributed by atoms with Crippen LogP contribution in [0.2, 0.25) is 0 Å². The van der Waals surface area contributed by atoms with E-state index in [1.165, 1.54) is 11.1 Å². The second-order valence-corrected chi connectivity index (χ2v) is 6.02. The van der Waals surface area contributed by atoms with E-state index in [1.807, 2.05) is 18.5 Å². The second kappa shape index (κ2) is 5.28. The lowest BCUT2D eigenvalue weighted by molar-refractivity contribution is 0.738. The number of rotatable bonds is 2. The van der Waals surface area contributed by atoms with Crippen LogP contribution in [0, 0.1) is 0 Å². The predicted octanol–water partition coefficient (Wildman–Crippen LogP) is 2.88. The van der Waals surface area contributed by atoms with Crippen LogP contribution >= 0.6 is 0 Å². The molecule has 0 atom stereocenters. The maximum atomic E-state index is 4.55. The fourth-order valence-corrected chi connectivity index (χ4v) is 3.27. The number of aromatic nitrogens is 5. The van der Waals surface area contributed by atoms with Crippen LogP contribution in [0.1, 0.15) is 12.0 Å². The predicted molar refractivity (Wildman–Crippen MR) is 94.4 cm³/mol. The molecule has 0 radical (unpaired) electrons. The van der Waals surface area contributed by atoms with E-state index in [0.29, 0.717) is 0 Å². The Kier molecular flexibility index (Phi) is 2.96. The SMILES string of the molecule is C1=C(c2cnc3[nH]nc(-c4cc5ccncc5[nH]4)c3c2)CCNC1. The van der Waals surface area contributed by atoms with Gasteiger partial charge in [0.1, 0.15) is 5.69 Å². The molecule has 1 aliphatic rings. The van der Waals surface area contributed by atoms with Crippen molar-refractivity contribution in [3.05, 3.63) is 48.4 Å². The van der Waals surface area contributed by atoms with Crippen molar-refractivity contribution in [1.29, 1.82) is 0 Å². The van der Waals surface area contributed by atoms with Crippen LogP contribution in [0.4, 0.5) is 0 Å². The minimum absolute atomic E-state index is 0.806. The summed E-state index contributed by atoms with van der Waals surface area (Å²) in [5.41, 5.74) is 6.20. The fraction of sp³-hybridized carbons (Fsp3) is 0.167. The van der Waals surface area contributed by atoms with Gasteiger partial charge in [-0.25, -0.2) is 4.98 Å². The van der Waals surface area contributed by atoms with Crippen molar-refractivity contribution in [2.45, 2.75) is 6.42 Å². The van der Waals surface area contributed by atoms with Gasteiger partial charge in [0.15, 0.2) is 5.65 Å². The van der Waals surface area contributed by atoms with E-state index in [9.17, 15) is 0 Å². The average molecular weight is 316 g/mol. The molecule has 0 unspecified atom stereocenters. The van der Waals surface area contributed by atoms with E-state index < -0.39 is 0 Å². The quantitative estimate of drug-likeness (QED) is 0.531. The lowest BCUT2D eigenvalue weighted by atomic mass is 10.0. The van der Waals surface area contributed by atoms with E-state index in [4.69, 9.17) is 0 Å². The van der Waals surface area contributed by atoms with Crippen LogP contribution in [0.3, 0.4) is 0 Å². The molecule has 0 saturated carbocycles. The highest BCUT2D eigenvalue weighted by atomic mass is 15.2. The zero-order valence-electron chi connectivity index (χ0n) is 13.0. The molecule has 0 amide bonds. The van der Waals surface area contributed by atoms with Crippen LogP contribution in [-0.4, -0.2) is 38.2 Å². The van der Waals surface area contributed by atoms with Gasteiger partial charge in [-0.15, -0.1) is 0 Å². The van der Waals surface area contributed by atoms with Gasteiger partial charge >= 0.3 is 0 Å². The number of aromatic amines is 2. The summed E-state index contributed by atoms with van der Waals surface area (Å²) in [6.45, 7) is 1.93. The lowest BCUT2D eigenvalue weighted by Crippen LogP contribution is -2.20. The summed E-state index contributed by atoms with van der Waals surface area (Å²) < 4.78 is 0. The second-order valence-electron chi connectivity index (χ2n) is 6.02. The Balaban J connectivity index is 1.66. The van der Waals surface area contributed by atoms with Crippen LogP contribution in [0.5, 0.6) is 0 Å². The molecule has 0 saturated heterocycles. The third-order valence-corrected chi connectivity index (χ3v) is 4.53. The number of hydrogen-bond donors (Lipinski definition) is 3. The highest BCUT2D eigenvalue weighted by Crippen LogP contribution is 2.30. The summed E-state index contributed by atoms with van der Waals surface area (Å²) in [5.74, 6) is 0. The molecule has 0 aliphatic carbocycles. The number of hydrogen-bond acceptors (Lipinski definition) is 4. The minimum atomic E-state index is 0.806. The molecule has 24 heavy (non-hydrogen) atoms. The molecule has 5 heterocycles. The summed E-state index contributed by atoms with van der Waals surface area (Å²) in [4.78, 5) is 12.1. The molecule has 3 N–H and O–H groups in total. The molecule has 6 nitrogen and oxygen atoms in total. The number of fused-ring (bicyclic) bond motifs is 2. The van der Waals surface area contributed by atoms with E-state index in [2.05, 4.69) is 48.7 Å². The first-order chi connectivity index (χ1) is 11.9. The standard InChI is InChI=1S/C18H16N6/c1-4-19-5-2-11(1)13-7-14-17(23-24-18(14)21-9-13)15-8-12-3-6-20-10-16(12)22-15/h1,3,6-10,19,22H,2,4-5H2,(H,21,23,24). The molecule has 4 aromatic rings. The molecule has 5 rings (SSSR count). The molecule has 6 heteroatoms. The fourth-order valence-electron chi connectivity index (χ4n) is 3.27. The van der Waals surface area contributed by atoms with Gasteiger partial charge in [0.2, 0.25) is 0 Å². The van der Waals surface area contributed by atoms with E-state index in [0.717, 1.165) is 52.8 Å². The summed E-state index contributed by atoms with van der Waals surface area (Å²) >= 11 is 0. The van der Waals surface area contributed by atoms with Crippen molar-refractivity contribution >= 4 is 27.5 Å². The number of H-pyrrole nitrogens is 2. The molecule has 4 aromatic heterocycles. The maximum Gasteiger partial charge on any atom is 0.155 e. The Morgan fingerprint density at radius 1 is 1.12 bits per heavy atom. The summed E-state index contributed by atoms with van der Waals surface area (Å²) in [7, 11) is 0. The molecule has 0 bridgehead atoms. The number of nitrogens with one attached hydrogen (secondary N) is 3. The first-order valence-electron chi connectivity index (χ1n) is 8.06. The molecule has 118 valence electrons. The number of nitrogens with zero attached hydrogens (tertiary/aromatic N) is 3. The third kappa shape index (κ3) is 2.11. The van der Waals surface area contributed by atoms with Gasteiger partial charge in [-0.2, -0.15) is 5.10 Å². The Bertz CT molecular complexity index is 1040. The van der Waals surface area contributed by atoms with Crippen LogP contribution in [0.15, 0.2) is 42.9 Å². The Labute approximate surface area is 138 Å². The number of pyridine rings is 2. The van der Waals surface area contributed by atoms with Gasteiger partial charge < -0.3 is 10.3 Å². The minimum Gasteiger partial charge on any atom is -0.352 e. The first kappa shape index (κ1) is 13.4. The largest absolute Gasteiger partial charge is 0.352 e. The van der Waals surface area contributed by atoms with Crippen molar-refractivity contribution in [1.82, 2.24) is 30.5 Å². The van der Waals surface area contributed by atoms with E-state index in [1.54, 1.807) is 6.20 Å². The molecule has 0 aromatic carbocycles. The molecule has 0 fully saturated rings. The highest BCUT2D eigenvalue weighted by molar-refractivity contribution is 5.95. The smallest absolute Gasteiger partial charge is 0.155 e. The Morgan fingerprint density at radius 2 is 2.12 bits per heavy atom. The summed E-state index contributed by atoms with van der Waals surface area (Å²) in [6, 6.07) is 6.28. The molecule has 1 aliphatic heterocycles. The molecular weight excluding hydrogens is 300 g/mol. The van der Waals surface area contributed by atoms with Gasteiger partial charge in [0.25, 0.3) is 0 Å². The van der Waals surface area contributed by atoms with Crippen molar-refractivity contribution in [2.75, 3.05) is 13.1 Å². The topological polar surface area (TPSA) is 82.3 Å². The van der Waals surface area contributed by atoms with E-state index in [-0.39, 0.29) is 0 Å². The van der Waals surface area contributed by atoms with Crippen molar-refractivity contribution < 1.29 is 0 Å². The summed E-state index contributed by atoms with van der Waals surface area (Å²) in [6.07, 6.45) is 8.82. The third-order valence-electron chi connectivity index (χ3n) is 4.53. The van der Waals surface area contributed by atoms with Crippen LogP contribution < -0.4 is 5.32 Å². The van der Waals surface area contributed by atoms with Gasteiger partial charge in [0, 0.05) is 29.7 Å². The van der Waals surface area contributed by atoms with Crippen molar-refractivity contribution in [3.8, 4) is 11.4 Å². The summed E-state index contributed by atoms with van der Waals surface area (Å²) in [5, 5.41) is 13.0. The molecule has 0 spiro atoms. The Hall–Kier alpha value is -2.99. The average Bonchev–Trinajstić information content (AvgIpc) is 3.25. The lowest BCUT2D eigenvalue weighted by Gasteiger charge is -2.13. The highest BCUT2D eigenvalue weighted by Gasteiger charge is 2.14. The Morgan fingerprint density at radius 3 is 3.00 bits per heavy atom. The zero-order valence-corrected chi connectivity index (χ0v) is 13.0. The first-order valence-corrected chi connectivity index (χ1v) is 8.06. The zero-order chi connectivity index (χ0) is 15.9. The normalized spacial score (nSPS) is 15.1. The van der Waals surface area contributed by atoms with Crippen molar-refractivity contribution in [2.24, 2.45) is 0 Å². The van der Waals surface area contributed by atoms with Gasteiger partial charge in [-0.3, -0.25) is 10.1 Å². The van der Waals surface area contributed by atoms with Gasteiger partial charge in [-0.1, -0.05) is 6.08 Å². The molecular formula is C18H16N6. The van der Waals surface area contributed by atoms with Gasteiger partial charge in [0.05, 0.1) is 17.4 Å². The van der Waals surface area contributed by atoms with Crippen molar-refractivity contribution in [3.63, 3.8) is 0 Å². The van der Waals surface area contributed by atoms with E-state index >= 15 is 0 Å².